The monoisotopic (exact) mass is 310 g/mol. The Kier molecular flexibility index (Phi) is 4.27. The fourth-order valence-corrected chi connectivity index (χ4v) is 3.51. The second-order valence-corrected chi connectivity index (χ2v) is 6.99. The lowest BCUT2D eigenvalue weighted by atomic mass is 9.92. The lowest BCUT2D eigenvalue weighted by molar-refractivity contribution is 0.0603. The molecule has 0 saturated heterocycles. The van der Waals surface area contributed by atoms with E-state index in [0.717, 1.165) is 6.54 Å². The Labute approximate surface area is 128 Å². The molecule has 0 spiro atoms. The van der Waals surface area contributed by atoms with E-state index in [0.29, 0.717) is 21.2 Å². The van der Waals surface area contributed by atoms with Gasteiger partial charge in [-0.05, 0) is 24.2 Å². The van der Waals surface area contributed by atoms with Crippen LogP contribution in [0.1, 0.15) is 53.6 Å². The second-order valence-electron chi connectivity index (χ2n) is 5.97. The molecule has 6 heteroatoms. The van der Waals surface area contributed by atoms with E-state index in [1.165, 1.54) is 38.2 Å². The first kappa shape index (κ1) is 15.8. The van der Waals surface area contributed by atoms with Gasteiger partial charge < -0.3 is 15.8 Å². The molecule has 0 unspecified atom stereocenters. The summed E-state index contributed by atoms with van der Waals surface area (Å²) >= 11 is 1.23. The summed E-state index contributed by atoms with van der Waals surface area (Å²) in [4.78, 5) is 23.9. The van der Waals surface area contributed by atoms with Crippen LogP contribution in [0.15, 0.2) is 0 Å². The number of nitrogen functional groups attached to an aromatic ring is 1. The zero-order valence-corrected chi connectivity index (χ0v) is 13.7. The summed E-state index contributed by atoms with van der Waals surface area (Å²) in [5, 5.41) is 3.95. The van der Waals surface area contributed by atoms with Crippen LogP contribution < -0.4 is 11.1 Å². The highest BCUT2D eigenvalue weighted by Crippen LogP contribution is 2.52. The lowest BCUT2D eigenvalue weighted by Crippen LogP contribution is -2.21. The number of Topliss-reactive ketones (excluding diaryl/α,β-unsaturated/α-hetero) is 1. The summed E-state index contributed by atoms with van der Waals surface area (Å²) in [5.41, 5.74) is 6.74. The number of nitrogens with one attached hydrogen (secondary N) is 1. The van der Waals surface area contributed by atoms with Gasteiger partial charge in [0.05, 0.1) is 17.7 Å². The van der Waals surface area contributed by atoms with Crippen molar-refractivity contribution in [3.63, 3.8) is 0 Å². The summed E-state index contributed by atoms with van der Waals surface area (Å²) in [5.74, 6) is -0.0648. The van der Waals surface area contributed by atoms with Crippen molar-refractivity contribution in [2.75, 3.05) is 24.7 Å². The minimum Gasteiger partial charge on any atom is -0.465 e. The van der Waals surface area contributed by atoms with Crippen molar-refractivity contribution in [1.82, 2.24) is 0 Å². The van der Waals surface area contributed by atoms with Crippen molar-refractivity contribution >= 4 is 33.8 Å². The van der Waals surface area contributed by atoms with E-state index in [2.05, 4.69) is 19.2 Å². The molecule has 0 bridgehead atoms. The van der Waals surface area contributed by atoms with Crippen LogP contribution >= 0.6 is 11.3 Å². The number of anilines is 2. The molecule has 3 N–H and O–H groups in total. The molecule has 0 amide bonds. The van der Waals surface area contributed by atoms with Crippen LogP contribution in [0.4, 0.5) is 10.7 Å². The number of ketones is 1. The average molecular weight is 310 g/mol. The fraction of sp³-hybridized carbons (Fsp3) is 0.600. The van der Waals surface area contributed by atoms with Gasteiger partial charge in [0.25, 0.3) is 0 Å². The number of nitrogens with two attached hydrogens (primary N) is 1. The molecule has 21 heavy (non-hydrogen) atoms. The van der Waals surface area contributed by atoms with E-state index in [-0.39, 0.29) is 17.0 Å². The van der Waals surface area contributed by atoms with Gasteiger partial charge in [0.15, 0.2) is 5.78 Å². The molecule has 116 valence electrons. The third-order valence-electron chi connectivity index (χ3n) is 4.37. The molecule has 1 heterocycles. The van der Waals surface area contributed by atoms with Crippen molar-refractivity contribution in [1.29, 1.82) is 0 Å². The number of thiophene rings is 1. The van der Waals surface area contributed by atoms with Crippen LogP contribution in [-0.2, 0) is 4.74 Å². The number of esters is 1. The maximum Gasteiger partial charge on any atom is 0.343 e. The Balaban J connectivity index is 2.27. The van der Waals surface area contributed by atoms with E-state index in [4.69, 9.17) is 10.5 Å². The molecule has 0 aromatic carbocycles. The minimum atomic E-state index is -0.506. The highest BCUT2D eigenvalue weighted by Gasteiger charge is 2.45. The molecule has 1 aromatic rings. The first-order valence-corrected chi connectivity index (χ1v) is 7.89. The predicted octanol–water partition coefficient (Wildman–Crippen LogP) is 3.17. The maximum absolute atomic E-state index is 11.9. The smallest absolute Gasteiger partial charge is 0.343 e. The van der Waals surface area contributed by atoms with E-state index in [1.54, 1.807) is 0 Å². The summed E-state index contributed by atoms with van der Waals surface area (Å²) < 4.78 is 4.78. The Morgan fingerprint density at radius 2 is 2.05 bits per heavy atom. The molecule has 0 atom stereocenters. The van der Waals surface area contributed by atoms with Crippen molar-refractivity contribution in [2.45, 2.75) is 33.6 Å². The van der Waals surface area contributed by atoms with Gasteiger partial charge in [-0.15, -0.1) is 11.3 Å². The summed E-state index contributed by atoms with van der Waals surface area (Å²) in [6, 6.07) is 0. The van der Waals surface area contributed by atoms with Gasteiger partial charge in [-0.3, -0.25) is 4.79 Å². The number of hydrogen-bond donors (Lipinski definition) is 2. The normalized spacial score (nSPS) is 15.9. The molecule has 5 nitrogen and oxygen atoms in total. The molecule has 1 fully saturated rings. The SMILES string of the molecule is COC(=O)c1c(NCC2(C(C)C)CC2)sc(C(C)=O)c1N. The predicted molar refractivity (Wildman–Crippen MR) is 85.1 cm³/mol. The van der Waals surface area contributed by atoms with Crippen molar-refractivity contribution in [3.8, 4) is 0 Å². The van der Waals surface area contributed by atoms with Crippen molar-refractivity contribution < 1.29 is 14.3 Å². The first-order valence-electron chi connectivity index (χ1n) is 7.08. The number of hydrogen-bond acceptors (Lipinski definition) is 6. The summed E-state index contributed by atoms with van der Waals surface area (Å²) in [6.07, 6.45) is 2.37. The quantitative estimate of drug-likeness (QED) is 0.623. The Morgan fingerprint density at radius 1 is 1.43 bits per heavy atom. The lowest BCUT2D eigenvalue weighted by Gasteiger charge is -2.20. The van der Waals surface area contributed by atoms with Crippen LogP contribution in [0.2, 0.25) is 0 Å². The van der Waals surface area contributed by atoms with Gasteiger partial charge >= 0.3 is 5.97 Å². The van der Waals surface area contributed by atoms with Crippen molar-refractivity contribution in [3.05, 3.63) is 10.4 Å². The van der Waals surface area contributed by atoms with Gasteiger partial charge in [-0.25, -0.2) is 4.79 Å². The Morgan fingerprint density at radius 3 is 2.48 bits per heavy atom. The van der Waals surface area contributed by atoms with E-state index >= 15 is 0 Å². The van der Waals surface area contributed by atoms with Gasteiger partial charge in [-0.2, -0.15) is 0 Å². The van der Waals surface area contributed by atoms with Gasteiger partial charge in [-0.1, -0.05) is 13.8 Å². The topological polar surface area (TPSA) is 81.4 Å². The van der Waals surface area contributed by atoms with Gasteiger partial charge in [0, 0.05) is 13.5 Å². The minimum absolute atomic E-state index is 0.138. The van der Waals surface area contributed by atoms with E-state index in [1.807, 2.05) is 0 Å². The second kappa shape index (κ2) is 5.67. The molecular weight excluding hydrogens is 288 g/mol. The summed E-state index contributed by atoms with van der Waals surface area (Å²) in [7, 11) is 1.31. The molecule has 0 aliphatic heterocycles. The zero-order chi connectivity index (χ0) is 15.8. The zero-order valence-electron chi connectivity index (χ0n) is 12.9. The fourth-order valence-electron chi connectivity index (χ4n) is 2.51. The first-order chi connectivity index (χ1) is 9.82. The molecule has 2 rings (SSSR count). The van der Waals surface area contributed by atoms with Gasteiger partial charge in [0.2, 0.25) is 0 Å². The van der Waals surface area contributed by atoms with Gasteiger partial charge in [0.1, 0.15) is 10.6 Å². The number of ether oxygens (including phenoxy) is 1. The standard InChI is InChI=1S/C15H22N2O3S/c1-8(2)15(5-6-15)7-17-13-10(14(19)20-4)11(16)12(21-13)9(3)18/h8,17H,5-7,16H2,1-4H3. The molecule has 0 radical (unpaired) electrons. The van der Waals surface area contributed by atoms with E-state index in [9.17, 15) is 9.59 Å². The summed E-state index contributed by atoms with van der Waals surface area (Å²) in [6.45, 7) is 6.65. The van der Waals surface area contributed by atoms with Crippen molar-refractivity contribution in [2.24, 2.45) is 11.3 Å². The van der Waals surface area contributed by atoms with Crippen LogP contribution in [0.25, 0.3) is 0 Å². The third-order valence-corrected chi connectivity index (χ3v) is 5.64. The van der Waals surface area contributed by atoms with Crippen LogP contribution in [0, 0.1) is 11.3 Å². The molecule has 1 saturated carbocycles. The van der Waals surface area contributed by atoms with Crippen LogP contribution in [0.3, 0.4) is 0 Å². The number of rotatable bonds is 6. The number of carbonyl (C=O) groups is 2. The van der Waals surface area contributed by atoms with Crippen LogP contribution in [-0.4, -0.2) is 25.4 Å². The Hall–Kier alpha value is -1.56. The maximum atomic E-state index is 11.9. The molecule has 1 aromatic heterocycles. The number of carbonyl (C=O) groups excluding carboxylic acids is 2. The molecule has 1 aliphatic rings. The van der Waals surface area contributed by atoms with E-state index < -0.39 is 5.97 Å². The average Bonchev–Trinajstić information content (AvgIpc) is 3.15. The molecule has 1 aliphatic carbocycles. The third kappa shape index (κ3) is 2.90. The largest absolute Gasteiger partial charge is 0.465 e. The molecular formula is C15H22N2O3S. The highest BCUT2D eigenvalue weighted by molar-refractivity contribution is 7.19. The van der Waals surface area contributed by atoms with Crippen LogP contribution in [0.5, 0.6) is 0 Å². The Bertz CT molecular complexity index is 574. The highest BCUT2D eigenvalue weighted by atomic mass is 32.1. The number of methoxy groups -OCH3 is 1.